The molecule has 4 atom stereocenters. The van der Waals surface area contributed by atoms with Crippen LogP contribution in [0.1, 0.15) is 40.9 Å². The Bertz CT molecular complexity index is 1610. The Hall–Kier alpha value is -5.03. The molecular formula is C34H35FN4O6. The highest BCUT2D eigenvalue weighted by Crippen LogP contribution is 2.21. The highest BCUT2D eigenvalue weighted by Gasteiger charge is 2.35. The molecule has 4 amide bonds. The number of piperidine rings is 1. The van der Waals surface area contributed by atoms with E-state index in [9.17, 15) is 28.7 Å². The van der Waals surface area contributed by atoms with Crippen LogP contribution in [0, 0.1) is 11.7 Å². The summed E-state index contributed by atoms with van der Waals surface area (Å²) in [6.45, 7) is 0.683. The molecule has 0 spiro atoms. The number of aliphatic hydroxyl groups excluding tert-OH is 1. The highest BCUT2D eigenvalue weighted by molar-refractivity contribution is 5.99. The fraction of sp³-hybridized carbons (Fsp3) is 0.294. The molecule has 3 aromatic carbocycles. The molecule has 45 heavy (non-hydrogen) atoms. The van der Waals surface area contributed by atoms with E-state index in [0.717, 1.165) is 5.56 Å². The summed E-state index contributed by atoms with van der Waals surface area (Å²) in [4.78, 5) is 52.8. The van der Waals surface area contributed by atoms with Crippen LogP contribution in [-0.4, -0.2) is 53.5 Å². The first-order valence-corrected chi connectivity index (χ1v) is 14.9. The van der Waals surface area contributed by atoms with Crippen LogP contribution in [0.4, 0.5) is 4.39 Å². The van der Waals surface area contributed by atoms with Crippen molar-refractivity contribution in [2.45, 2.75) is 50.4 Å². The molecule has 0 unspecified atom stereocenters. The van der Waals surface area contributed by atoms with Crippen LogP contribution in [0.5, 0.6) is 0 Å². The molecule has 0 aliphatic carbocycles. The van der Waals surface area contributed by atoms with Crippen molar-refractivity contribution >= 4 is 34.6 Å². The second kappa shape index (κ2) is 14.6. The van der Waals surface area contributed by atoms with E-state index < -0.39 is 47.6 Å². The van der Waals surface area contributed by atoms with Crippen LogP contribution in [0.25, 0.3) is 11.0 Å². The van der Waals surface area contributed by atoms with E-state index in [1.807, 2.05) is 30.3 Å². The molecule has 1 aromatic heterocycles. The van der Waals surface area contributed by atoms with Crippen molar-refractivity contribution in [1.29, 1.82) is 0 Å². The maximum absolute atomic E-state index is 13.8. The van der Waals surface area contributed by atoms with Gasteiger partial charge in [0.2, 0.25) is 11.8 Å². The van der Waals surface area contributed by atoms with Gasteiger partial charge in [0.25, 0.3) is 11.8 Å². The summed E-state index contributed by atoms with van der Waals surface area (Å²) < 4.78 is 19.3. The van der Waals surface area contributed by atoms with Gasteiger partial charge in [0.1, 0.15) is 17.4 Å². The number of benzene rings is 3. The normalized spacial score (nSPS) is 16.7. The zero-order valence-corrected chi connectivity index (χ0v) is 24.5. The van der Waals surface area contributed by atoms with E-state index in [0.29, 0.717) is 35.9 Å². The molecule has 1 fully saturated rings. The Morgan fingerprint density at radius 3 is 2.40 bits per heavy atom. The van der Waals surface area contributed by atoms with Gasteiger partial charge in [0.05, 0.1) is 6.04 Å². The predicted octanol–water partition coefficient (Wildman–Crippen LogP) is 2.99. The standard InChI is InChI=1S/C34H35FN4O6/c35-25-14-12-21(13-15-25)17-27(39-33(43)29-19-23-9-4-5-11-28(23)45-29)32(42)38-26(18-24-10-6-16-36-31(24)41)30(40)34(44)37-20-22-7-2-1-3-8-22/h1-5,7-9,11-15,19,24,26-27,30,40H,6,10,16-18,20H2,(H,36,41)(H,37,44)(H,38,42)(H,39,43)/t24-,26-,27-,30-/m0/s1. The Kier molecular flexibility index (Phi) is 10.2. The highest BCUT2D eigenvalue weighted by atomic mass is 19.1. The molecule has 234 valence electrons. The van der Waals surface area contributed by atoms with Gasteiger partial charge >= 0.3 is 0 Å². The van der Waals surface area contributed by atoms with Gasteiger partial charge in [-0.3, -0.25) is 19.2 Å². The lowest BCUT2D eigenvalue weighted by Crippen LogP contribution is -2.57. The molecule has 1 saturated heterocycles. The monoisotopic (exact) mass is 614 g/mol. The van der Waals surface area contributed by atoms with Crippen LogP contribution >= 0.6 is 0 Å². The maximum atomic E-state index is 13.8. The second-order valence-corrected chi connectivity index (χ2v) is 11.1. The number of aliphatic hydroxyl groups is 1. The number of rotatable bonds is 12. The van der Waals surface area contributed by atoms with E-state index in [-0.39, 0.29) is 31.1 Å². The fourth-order valence-corrected chi connectivity index (χ4v) is 5.38. The number of hydrogen-bond acceptors (Lipinski definition) is 6. The van der Waals surface area contributed by atoms with Crippen molar-refractivity contribution in [1.82, 2.24) is 21.3 Å². The lowest BCUT2D eigenvalue weighted by molar-refractivity contribution is -0.135. The molecule has 5 rings (SSSR count). The first-order valence-electron chi connectivity index (χ1n) is 14.9. The van der Waals surface area contributed by atoms with Crippen LogP contribution < -0.4 is 21.3 Å². The molecule has 11 heteroatoms. The number of amides is 4. The maximum Gasteiger partial charge on any atom is 0.287 e. The molecule has 1 aliphatic heterocycles. The number of nitrogens with one attached hydrogen (secondary N) is 4. The average Bonchev–Trinajstić information content (AvgIpc) is 3.50. The molecule has 0 saturated carbocycles. The van der Waals surface area contributed by atoms with E-state index in [1.54, 1.807) is 30.3 Å². The molecule has 10 nitrogen and oxygen atoms in total. The summed E-state index contributed by atoms with van der Waals surface area (Å²) in [5, 5.41) is 22.8. The lowest BCUT2D eigenvalue weighted by Gasteiger charge is -2.30. The van der Waals surface area contributed by atoms with Crippen LogP contribution in [-0.2, 0) is 27.3 Å². The minimum absolute atomic E-state index is 0.00170. The molecule has 0 bridgehead atoms. The first-order chi connectivity index (χ1) is 21.8. The van der Waals surface area contributed by atoms with E-state index in [2.05, 4.69) is 21.3 Å². The zero-order valence-electron chi connectivity index (χ0n) is 24.5. The summed E-state index contributed by atoms with van der Waals surface area (Å²) in [6, 6.07) is 20.9. The van der Waals surface area contributed by atoms with Crippen molar-refractivity contribution < 1.29 is 33.1 Å². The van der Waals surface area contributed by atoms with Crippen molar-refractivity contribution in [2.24, 2.45) is 5.92 Å². The zero-order chi connectivity index (χ0) is 31.8. The largest absolute Gasteiger partial charge is 0.451 e. The molecule has 5 N–H and O–H groups in total. The number of para-hydroxylation sites is 1. The SMILES string of the molecule is O=C(N[C@@H](Cc1ccc(F)cc1)C(=O)N[C@@H](C[C@@H]1CCCNC1=O)[C@H](O)C(=O)NCc1ccccc1)c1cc2ccccc2o1. The van der Waals surface area contributed by atoms with E-state index in [1.165, 1.54) is 24.3 Å². The quantitative estimate of drug-likeness (QED) is 0.166. The van der Waals surface area contributed by atoms with Gasteiger partial charge in [-0.25, -0.2) is 4.39 Å². The summed E-state index contributed by atoms with van der Waals surface area (Å²) in [6.07, 6.45) is -0.472. The van der Waals surface area contributed by atoms with Crippen molar-refractivity contribution in [3.63, 3.8) is 0 Å². The molecule has 4 aromatic rings. The second-order valence-electron chi connectivity index (χ2n) is 11.1. The fourth-order valence-electron chi connectivity index (χ4n) is 5.38. The van der Waals surface area contributed by atoms with Crippen molar-refractivity contribution in [3.8, 4) is 0 Å². The first kappa shape index (κ1) is 31.4. The number of halogens is 1. The van der Waals surface area contributed by atoms with Crippen LogP contribution in [0.3, 0.4) is 0 Å². The number of carbonyl (C=O) groups is 4. The van der Waals surface area contributed by atoms with Gasteiger partial charge in [-0.15, -0.1) is 0 Å². The van der Waals surface area contributed by atoms with Crippen molar-refractivity contribution in [3.05, 3.63) is 108 Å². The number of hydrogen-bond donors (Lipinski definition) is 5. The third-order valence-corrected chi connectivity index (χ3v) is 7.85. The summed E-state index contributed by atoms with van der Waals surface area (Å²) >= 11 is 0. The summed E-state index contributed by atoms with van der Waals surface area (Å²) in [7, 11) is 0. The molecule has 0 radical (unpaired) electrons. The van der Waals surface area contributed by atoms with E-state index in [4.69, 9.17) is 4.42 Å². The molecular weight excluding hydrogens is 579 g/mol. The van der Waals surface area contributed by atoms with Gasteiger partial charge in [-0.2, -0.15) is 0 Å². The number of furan rings is 1. The van der Waals surface area contributed by atoms with Gasteiger partial charge < -0.3 is 30.8 Å². The summed E-state index contributed by atoms with van der Waals surface area (Å²) in [5.74, 6) is -3.30. The lowest BCUT2D eigenvalue weighted by atomic mass is 9.89. The number of carbonyl (C=O) groups excluding carboxylic acids is 4. The van der Waals surface area contributed by atoms with Crippen LogP contribution in [0.15, 0.2) is 89.3 Å². The van der Waals surface area contributed by atoms with Crippen LogP contribution in [0.2, 0.25) is 0 Å². The Labute approximate surface area is 259 Å². The van der Waals surface area contributed by atoms with E-state index >= 15 is 0 Å². The average molecular weight is 615 g/mol. The summed E-state index contributed by atoms with van der Waals surface area (Å²) in [5.41, 5.74) is 1.88. The third-order valence-electron chi connectivity index (χ3n) is 7.85. The third kappa shape index (κ3) is 8.33. The van der Waals surface area contributed by atoms with Gasteiger partial charge in [0.15, 0.2) is 11.9 Å². The minimum atomic E-state index is -1.69. The smallest absolute Gasteiger partial charge is 0.287 e. The predicted molar refractivity (Wildman–Crippen MR) is 164 cm³/mol. The van der Waals surface area contributed by atoms with Gasteiger partial charge in [-0.1, -0.05) is 60.7 Å². The van der Waals surface area contributed by atoms with Crippen molar-refractivity contribution in [2.75, 3.05) is 6.54 Å². The topological polar surface area (TPSA) is 150 Å². The number of fused-ring (bicyclic) bond motifs is 1. The van der Waals surface area contributed by atoms with Gasteiger partial charge in [0, 0.05) is 30.8 Å². The Morgan fingerprint density at radius 1 is 0.933 bits per heavy atom. The molecule has 1 aliphatic rings. The van der Waals surface area contributed by atoms with Gasteiger partial charge in [-0.05, 0) is 54.7 Å². The molecule has 2 heterocycles. The minimum Gasteiger partial charge on any atom is -0.451 e. The Morgan fingerprint density at radius 2 is 1.67 bits per heavy atom. The Balaban J connectivity index is 1.36.